The van der Waals surface area contributed by atoms with Crippen molar-refractivity contribution in [2.24, 2.45) is 0 Å². The van der Waals surface area contributed by atoms with E-state index in [-0.39, 0.29) is 17.8 Å². The number of amides is 1. The number of likely N-dealkylation sites (N-methyl/N-ethyl adjacent to an activating group) is 1. The molecule has 1 aliphatic rings. The van der Waals surface area contributed by atoms with Crippen LogP contribution in [0.1, 0.15) is 6.42 Å². The molecule has 1 atom stereocenters. The first kappa shape index (κ1) is 15.1. The molecule has 0 spiro atoms. The van der Waals surface area contributed by atoms with E-state index in [9.17, 15) is 9.18 Å². The van der Waals surface area contributed by atoms with Crippen LogP contribution in [0.15, 0.2) is 48.5 Å². The normalized spacial score (nSPS) is 17.7. The van der Waals surface area contributed by atoms with Gasteiger partial charge in [-0.25, -0.2) is 9.37 Å². The molecule has 1 fully saturated rings. The van der Waals surface area contributed by atoms with Crippen molar-refractivity contribution in [3.63, 3.8) is 0 Å². The average Bonchev–Trinajstić information content (AvgIpc) is 3.18. The Balaban J connectivity index is 1.61. The molecular weight excluding hydrogens is 325 g/mol. The van der Waals surface area contributed by atoms with Gasteiger partial charge in [-0.3, -0.25) is 4.79 Å². The molecule has 1 aliphatic heterocycles. The number of rotatable bonds is 3. The number of carbonyl (C=O) groups is 1. The Morgan fingerprint density at radius 3 is 2.75 bits per heavy atom. The first-order valence-electron chi connectivity index (χ1n) is 7.79. The lowest BCUT2D eigenvalue weighted by molar-refractivity contribution is -0.118. The average molecular weight is 341 g/mol. The maximum absolute atomic E-state index is 14.0. The Bertz CT molecular complexity index is 877. The summed E-state index contributed by atoms with van der Waals surface area (Å²) < 4.78 is 15.1. The molecule has 1 aromatic heterocycles. The highest BCUT2D eigenvalue weighted by atomic mass is 32.1. The summed E-state index contributed by atoms with van der Waals surface area (Å²) in [4.78, 5) is 20.8. The van der Waals surface area contributed by atoms with Gasteiger partial charge in [0.05, 0.1) is 15.9 Å². The molecule has 122 valence electrons. The van der Waals surface area contributed by atoms with Crippen molar-refractivity contribution < 1.29 is 9.18 Å². The third kappa shape index (κ3) is 2.43. The Hall–Kier alpha value is -2.47. The standard InChI is InChI=1S/C18H16FN3OS/c1-21(18-20-13-7-3-5-9-16(13)24-18)15-10-11-22(17(15)23)14-8-4-2-6-12(14)19/h2-9,15H,10-11H2,1H3. The van der Waals surface area contributed by atoms with E-state index in [1.807, 2.05) is 36.2 Å². The number of nitrogens with zero attached hydrogens (tertiary/aromatic N) is 3. The highest BCUT2D eigenvalue weighted by molar-refractivity contribution is 7.22. The highest BCUT2D eigenvalue weighted by Crippen LogP contribution is 2.32. The quantitative estimate of drug-likeness (QED) is 0.729. The summed E-state index contributed by atoms with van der Waals surface area (Å²) in [5.41, 5.74) is 1.28. The maximum Gasteiger partial charge on any atom is 0.249 e. The van der Waals surface area contributed by atoms with Crippen LogP contribution in [0.25, 0.3) is 10.2 Å². The second-order valence-corrected chi connectivity index (χ2v) is 6.83. The molecule has 2 aromatic carbocycles. The van der Waals surface area contributed by atoms with E-state index in [0.29, 0.717) is 18.7 Å². The van der Waals surface area contributed by atoms with Crippen LogP contribution >= 0.6 is 11.3 Å². The van der Waals surface area contributed by atoms with E-state index in [1.165, 1.54) is 11.0 Å². The van der Waals surface area contributed by atoms with E-state index >= 15 is 0 Å². The number of carbonyl (C=O) groups excluding carboxylic acids is 1. The van der Waals surface area contributed by atoms with Gasteiger partial charge in [0.2, 0.25) is 5.91 Å². The number of aromatic nitrogens is 1. The van der Waals surface area contributed by atoms with Crippen LogP contribution in [0.3, 0.4) is 0 Å². The molecule has 0 bridgehead atoms. The molecule has 2 heterocycles. The third-order valence-electron chi connectivity index (χ3n) is 4.37. The Labute approximate surface area is 143 Å². The van der Waals surface area contributed by atoms with Crippen LogP contribution in [0.4, 0.5) is 15.2 Å². The summed E-state index contributed by atoms with van der Waals surface area (Å²) in [5.74, 6) is -0.448. The monoisotopic (exact) mass is 341 g/mol. The lowest BCUT2D eigenvalue weighted by atomic mass is 10.2. The van der Waals surface area contributed by atoms with Gasteiger partial charge in [-0.1, -0.05) is 35.6 Å². The fraction of sp³-hybridized carbons (Fsp3) is 0.222. The summed E-state index contributed by atoms with van der Waals surface area (Å²) in [7, 11) is 1.88. The number of hydrogen-bond acceptors (Lipinski definition) is 4. The van der Waals surface area contributed by atoms with Gasteiger partial charge in [0.25, 0.3) is 0 Å². The second-order valence-electron chi connectivity index (χ2n) is 5.82. The number of thiazole rings is 1. The first-order chi connectivity index (χ1) is 11.6. The molecule has 1 saturated heterocycles. The van der Waals surface area contributed by atoms with Gasteiger partial charge in [0.1, 0.15) is 11.9 Å². The summed E-state index contributed by atoms with van der Waals surface area (Å²) in [6.07, 6.45) is 0.652. The number of anilines is 2. The van der Waals surface area contributed by atoms with Crippen LogP contribution in [0.2, 0.25) is 0 Å². The van der Waals surface area contributed by atoms with Crippen molar-refractivity contribution in [2.75, 3.05) is 23.4 Å². The number of halogens is 1. The minimum Gasteiger partial charge on any atom is -0.339 e. The summed E-state index contributed by atoms with van der Waals surface area (Å²) in [5, 5.41) is 0.810. The topological polar surface area (TPSA) is 36.4 Å². The fourth-order valence-electron chi connectivity index (χ4n) is 3.08. The molecule has 3 aromatic rings. The molecule has 24 heavy (non-hydrogen) atoms. The zero-order valence-corrected chi connectivity index (χ0v) is 14.0. The smallest absolute Gasteiger partial charge is 0.249 e. The van der Waals surface area contributed by atoms with Crippen LogP contribution in [0, 0.1) is 5.82 Å². The maximum atomic E-state index is 14.0. The number of fused-ring (bicyclic) bond motifs is 1. The van der Waals surface area contributed by atoms with E-state index in [0.717, 1.165) is 15.3 Å². The Kier molecular flexibility index (Phi) is 3.69. The van der Waals surface area contributed by atoms with Gasteiger partial charge >= 0.3 is 0 Å². The number of para-hydroxylation sites is 2. The molecule has 6 heteroatoms. The van der Waals surface area contributed by atoms with Crippen LogP contribution in [-0.2, 0) is 4.79 Å². The van der Waals surface area contributed by atoms with Crippen molar-refractivity contribution >= 4 is 38.3 Å². The SMILES string of the molecule is CN(c1nc2ccccc2s1)C1CCN(c2ccccc2F)C1=O. The first-order valence-corrected chi connectivity index (χ1v) is 8.61. The third-order valence-corrected chi connectivity index (χ3v) is 5.50. The van der Waals surface area contributed by atoms with Crippen LogP contribution < -0.4 is 9.80 Å². The molecule has 0 saturated carbocycles. The van der Waals surface area contributed by atoms with E-state index in [1.54, 1.807) is 29.5 Å². The van der Waals surface area contributed by atoms with Crippen LogP contribution in [0.5, 0.6) is 0 Å². The molecule has 0 aliphatic carbocycles. The lowest BCUT2D eigenvalue weighted by Crippen LogP contribution is -2.40. The molecule has 1 amide bonds. The molecule has 0 N–H and O–H groups in total. The Morgan fingerprint density at radius 2 is 1.96 bits per heavy atom. The summed E-state index contributed by atoms with van der Waals surface area (Å²) in [6, 6.07) is 14.0. The van der Waals surface area contributed by atoms with Crippen molar-refractivity contribution in [3.8, 4) is 0 Å². The number of benzene rings is 2. The lowest BCUT2D eigenvalue weighted by Gasteiger charge is -2.23. The minimum atomic E-state index is -0.367. The van der Waals surface area contributed by atoms with Gasteiger partial charge in [-0.15, -0.1) is 0 Å². The molecular formula is C18H16FN3OS. The van der Waals surface area contributed by atoms with Gasteiger partial charge in [-0.05, 0) is 30.7 Å². The zero-order valence-electron chi connectivity index (χ0n) is 13.1. The Morgan fingerprint density at radius 1 is 1.21 bits per heavy atom. The second kappa shape index (κ2) is 5.87. The number of hydrogen-bond donors (Lipinski definition) is 0. The van der Waals surface area contributed by atoms with Gasteiger partial charge in [0.15, 0.2) is 5.13 Å². The summed E-state index contributed by atoms with van der Waals surface area (Å²) >= 11 is 1.56. The van der Waals surface area contributed by atoms with Crippen molar-refractivity contribution in [1.82, 2.24) is 4.98 Å². The highest BCUT2D eigenvalue weighted by Gasteiger charge is 2.37. The predicted octanol–water partition coefficient (Wildman–Crippen LogP) is 3.68. The van der Waals surface area contributed by atoms with Gasteiger partial charge in [-0.2, -0.15) is 0 Å². The predicted molar refractivity (Wildman–Crippen MR) is 95.2 cm³/mol. The molecule has 1 unspecified atom stereocenters. The van der Waals surface area contributed by atoms with Gasteiger partial charge < -0.3 is 9.80 Å². The van der Waals surface area contributed by atoms with E-state index in [2.05, 4.69) is 4.98 Å². The van der Waals surface area contributed by atoms with E-state index < -0.39 is 0 Å². The van der Waals surface area contributed by atoms with Crippen molar-refractivity contribution in [1.29, 1.82) is 0 Å². The fourth-order valence-corrected chi connectivity index (χ4v) is 4.06. The molecule has 4 nitrogen and oxygen atoms in total. The van der Waals surface area contributed by atoms with E-state index in [4.69, 9.17) is 0 Å². The van der Waals surface area contributed by atoms with Crippen LogP contribution in [-0.4, -0.2) is 30.5 Å². The zero-order chi connectivity index (χ0) is 16.7. The van der Waals surface area contributed by atoms with Crippen molar-refractivity contribution in [3.05, 3.63) is 54.3 Å². The summed E-state index contributed by atoms with van der Waals surface area (Å²) in [6.45, 7) is 0.514. The largest absolute Gasteiger partial charge is 0.339 e. The minimum absolute atomic E-state index is 0.0816. The van der Waals surface area contributed by atoms with Crippen molar-refractivity contribution in [2.45, 2.75) is 12.5 Å². The van der Waals surface area contributed by atoms with Gasteiger partial charge in [0, 0.05) is 13.6 Å². The molecule has 4 rings (SSSR count). The molecule has 0 radical (unpaired) electrons.